The zero-order valence-corrected chi connectivity index (χ0v) is 28.0. The molecule has 1 heterocycles. The third kappa shape index (κ3) is 4.45. The van der Waals surface area contributed by atoms with Crippen LogP contribution in [0.5, 0.6) is 0 Å². The van der Waals surface area contributed by atoms with Gasteiger partial charge in [0, 0.05) is 36.9 Å². The summed E-state index contributed by atoms with van der Waals surface area (Å²) in [6, 6.07) is 56.1. The van der Waals surface area contributed by atoms with Crippen LogP contribution in [0, 0.1) is 0 Å². The van der Waals surface area contributed by atoms with E-state index in [0.29, 0.717) is 5.92 Å². The van der Waals surface area contributed by atoms with E-state index >= 15 is 0 Å². The van der Waals surface area contributed by atoms with Crippen LogP contribution < -0.4 is 4.90 Å². The first-order chi connectivity index (χ1) is 24.2. The molecule has 0 amide bonds. The molecule has 49 heavy (non-hydrogen) atoms. The third-order valence-corrected chi connectivity index (χ3v) is 11.7. The SMILES string of the molecule is C[C@@H]1CC=Cc2c1c1ccc(N(c3ccc(-c4cccc5c4sc4ccccc45)cc3)c3cccc4ccccc34)cc1c1ccccc21. The number of anilines is 3. The van der Waals surface area contributed by atoms with Crippen LogP contribution in [-0.4, -0.2) is 0 Å². The molecule has 1 atom stereocenters. The predicted molar refractivity (Wildman–Crippen MR) is 214 cm³/mol. The topological polar surface area (TPSA) is 3.24 Å². The predicted octanol–water partition coefficient (Wildman–Crippen LogP) is 14.2. The van der Waals surface area contributed by atoms with Crippen molar-refractivity contribution >= 4 is 87.0 Å². The smallest absolute Gasteiger partial charge is 0.0540 e. The Morgan fingerprint density at radius 2 is 1.24 bits per heavy atom. The number of hydrogen-bond acceptors (Lipinski definition) is 2. The van der Waals surface area contributed by atoms with E-state index in [4.69, 9.17) is 0 Å². The van der Waals surface area contributed by atoms with Gasteiger partial charge in [-0.3, -0.25) is 0 Å². The van der Waals surface area contributed by atoms with Gasteiger partial charge in [-0.1, -0.05) is 134 Å². The lowest BCUT2D eigenvalue weighted by molar-refractivity contribution is 0.781. The maximum absolute atomic E-state index is 2.45. The molecule has 2 heteroatoms. The quantitative estimate of drug-likeness (QED) is 0.173. The highest BCUT2D eigenvalue weighted by Crippen LogP contribution is 2.46. The molecule has 0 fully saturated rings. The molecule has 0 radical (unpaired) electrons. The largest absolute Gasteiger partial charge is 0.310 e. The van der Waals surface area contributed by atoms with Crippen molar-refractivity contribution in [1.82, 2.24) is 0 Å². The molecule has 232 valence electrons. The molecule has 9 aromatic rings. The summed E-state index contributed by atoms with van der Waals surface area (Å²) < 4.78 is 2.68. The van der Waals surface area contributed by atoms with Crippen LogP contribution in [0.2, 0.25) is 0 Å². The normalized spacial score (nSPS) is 14.3. The Kier molecular flexibility index (Phi) is 6.47. The van der Waals surface area contributed by atoms with Crippen molar-refractivity contribution < 1.29 is 0 Å². The second kappa shape index (κ2) is 11.2. The molecule has 0 spiro atoms. The number of hydrogen-bond donors (Lipinski definition) is 0. The van der Waals surface area contributed by atoms with Gasteiger partial charge in [-0.15, -0.1) is 11.3 Å². The molecule has 1 aliphatic rings. The van der Waals surface area contributed by atoms with E-state index in [1.807, 2.05) is 11.3 Å². The lowest BCUT2D eigenvalue weighted by atomic mass is 9.81. The molecule has 0 N–H and O–H groups in total. The van der Waals surface area contributed by atoms with E-state index < -0.39 is 0 Å². The lowest BCUT2D eigenvalue weighted by Crippen LogP contribution is -2.11. The van der Waals surface area contributed by atoms with E-state index in [1.54, 1.807) is 0 Å². The van der Waals surface area contributed by atoms with Gasteiger partial charge in [-0.25, -0.2) is 0 Å². The van der Waals surface area contributed by atoms with Gasteiger partial charge in [0.15, 0.2) is 0 Å². The van der Waals surface area contributed by atoms with E-state index in [1.165, 1.54) is 80.4 Å². The van der Waals surface area contributed by atoms with Crippen molar-refractivity contribution in [2.75, 3.05) is 4.90 Å². The van der Waals surface area contributed by atoms with E-state index in [-0.39, 0.29) is 0 Å². The fourth-order valence-corrected chi connectivity index (χ4v) is 9.42. The molecule has 1 aliphatic carbocycles. The average Bonchev–Trinajstić information content (AvgIpc) is 3.55. The highest BCUT2D eigenvalue weighted by atomic mass is 32.1. The number of allylic oxidation sites excluding steroid dienone is 1. The first kappa shape index (κ1) is 28.3. The van der Waals surface area contributed by atoms with Gasteiger partial charge >= 0.3 is 0 Å². The fourth-order valence-electron chi connectivity index (χ4n) is 8.19. The summed E-state index contributed by atoms with van der Waals surface area (Å²) in [5.41, 5.74) is 8.84. The Morgan fingerprint density at radius 3 is 2.12 bits per heavy atom. The van der Waals surface area contributed by atoms with Gasteiger partial charge in [-0.05, 0) is 97.9 Å². The standard InChI is InChI=1S/C47H33NS/c1-30-11-8-19-40-37-15-4-5-16-38(37)43-29-34(27-28-41(43)46(30)40)48(44-21-9-13-31-12-2-3-14-35(31)44)33-25-23-32(24-26-33)36-18-10-20-42-39-17-6-7-22-45(39)49-47(36)42/h2-10,12-30H,11H2,1H3/t30-/m1/s1. The van der Waals surface area contributed by atoms with Gasteiger partial charge in [0.05, 0.1) is 5.69 Å². The first-order valence-corrected chi connectivity index (χ1v) is 18.0. The van der Waals surface area contributed by atoms with Crippen LogP contribution >= 0.6 is 11.3 Å². The van der Waals surface area contributed by atoms with E-state index in [9.17, 15) is 0 Å². The van der Waals surface area contributed by atoms with Crippen LogP contribution in [0.1, 0.15) is 30.4 Å². The Bertz CT molecular complexity index is 2760. The Balaban J connectivity index is 1.18. The molecule has 0 bridgehead atoms. The Hall–Kier alpha value is -5.70. The number of thiophene rings is 1. The molecule has 1 aromatic heterocycles. The molecule has 10 rings (SSSR count). The summed E-state index contributed by atoms with van der Waals surface area (Å²) in [7, 11) is 0. The molecular weight excluding hydrogens is 611 g/mol. The fraction of sp³-hybridized carbons (Fsp3) is 0.0638. The molecule has 0 saturated heterocycles. The van der Waals surface area contributed by atoms with Crippen LogP contribution in [0.4, 0.5) is 17.1 Å². The minimum atomic E-state index is 0.477. The van der Waals surface area contributed by atoms with Crippen LogP contribution in [0.25, 0.3) is 69.7 Å². The van der Waals surface area contributed by atoms with E-state index in [0.717, 1.165) is 17.8 Å². The van der Waals surface area contributed by atoms with Gasteiger partial charge in [0.2, 0.25) is 0 Å². The summed E-state index contributed by atoms with van der Waals surface area (Å²) in [5.74, 6) is 0.477. The van der Waals surface area contributed by atoms with Gasteiger partial charge in [-0.2, -0.15) is 0 Å². The summed E-state index contributed by atoms with van der Waals surface area (Å²) in [4.78, 5) is 2.45. The highest BCUT2D eigenvalue weighted by Gasteiger charge is 2.22. The lowest BCUT2D eigenvalue weighted by Gasteiger charge is -2.28. The summed E-state index contributed by atoms with van der Waals surface area (Å²) in [5, 5.41) is 10.4. The summed E-state index contributed by atoms with van der Waals surface area (Å²) in [6.07, 6.45) is 5.76. The van der Waals surface area contributed by atoms with Crippen molar-refractivity contribution in [1.29, 1.82) is 0 Å². The van der Waals surface area contributed by atoms with Crippen molar-refractivity contribution in [2.24, 2.45) is 0 Å². The van der Waals surface area contributed by atoms with Gasteiger partial charge < -0.3 is 4.90 Å². The van der Waals surface area contributed by atoms with Crippen molar-refractivity contribution in [3.8, 4) is 11.1 Å². The Morgan fingerprint density at radius 1 is 0.551 bits per heavy atom. The zero-order valence-electron chi connectivity index (χ0n) is 27.2. The average molecular weight is 644 g/mol. The summed E-state index contributed by atoms with van der Waals surface area (Å²) >= 11 is 1.89. The number of nitrogens with zero attached hydrogens (tertiary/aromatic N) is 1. The zero-order chi connectivity index (χ0) is 32.5. The van der Waals surface area contributed by atoms with Crippen LogP contribution in [0.3, 0.4) is 0 Å². The number of fused-ring (bicyclic) bond motifs is 10. The van der Waals surface area contributed by atoms with E-state index in [2.05, 4.69) is 176 Å². The molecule has 0 saturated carbocycles. The minimum Gasteiger partial charge on any atom is -0.310 e. The van der Waals surface area contributed by atoms with Crippen LogP contribution in [0.15, 0.2) is 158 Å². The third-order valence-electron chi connectivity index (χ3n) is 10.5. The summed E-state index contributed by atoms with van der Waals surface area (Å²) in [6.45, 7) is 2.37. The van der Waals surface area contributed by atoms with Gasteiger partial charge in [0.1, 0.15) is 0 Å². The molecule has 1 nitrogen and oxygen atoms in total. The van der Waals surface area contributed by atoms with Crippen molar-refractivity contribution in [2.45, 2.75) is 19.3 Å². The van der Waals surface area contributed by atoms with Crippen LogP contribution in [-0.2, 0) is 0 Å². The molecular formula is C47H33NS. The van der Waals surface area contributed by atoms with Crippen molar-refractivity contribution in [3.05, 3.63) is 169 Å². The number of benzene rings is 8. The van der Waals surface area contributed by atoms with Crippen molar-refractivity contribution in [3.63, 3.8) is 0 Å². The minimum absolute atomic E-state index is 0.477. The molecule has 0 aliphatic heterocycles. The maximum Gasteiger partial charge on any atom is 0.0540 e. The number of rotatable bonds is 4. The van der Waals surface area contributed by atoms with Gasteiger partial charge in [0.25, 0.3) is 0 Å². The highest BCUT2D eigenvalue weighted by molar-refractivity contribution is 7.26. The second-order valence-corrected chi connectivity index (χ2v) is 14.4. The Labute approximate surface area is 290 Å². The molecule has 8 aromatic carbocycles. The maximum atomic E-state index is 2.45. The first-order valence-electron chi connectivity index (χ1n) is 17.2. The monoisotopic (exact) mass is 643 g/mol. The molecule has 0 unspecified atom stereocenters. The second-order valence-electron chi connectivity index (χ2n) is 13.3.